The van der Waals surface area contributed by atoms with Gasteiger partial charge in [-0.15, -0.1) is 0 Å². The zero-order valence-electron chi connectivity index (χ0n) is 9.23. The van der Waals surface area contributed by atoms with Gasteiger partial charge in [0, 0.05) is 6.54 Å². The first kappa shape index (κ1) is 11.1. The number of hydrogen-bond acceptors (Lipinski definition) is 6. The van der Waals surface area contributed by atoms with Crippen molar-refractivity contribution >= 4 is 22.8 Å². The van der Waals surface area contributed by atoms with Crippen molar-refractivity contribution in [1.29, 1.82) is 0 Å². The summed E-state index contributed by atoms with van der Waals surface area (Å²) in [6, 6.07) is 0. The summed E-state index contributed by atoms with van der Waals surface area (Å²) in [4.78, 5) is 33.0. The van der Waals surface area contributed by atoms with E-state index in [1.54, 1.807) is 0 Å². The van der Waals surface area contributed by atoms with Crippen molar-refractivity contribution in [1.82, 2.24) is 19.5 Å². The number of anilines is 2. The molecule has 8 nitrogen and oxygen atoms in total. The van der Waals surface area contributed by atoms with Gasteiger partial charge in [0.1, 0.15) is 11.2 Å². The molecule has 2 aromatic heterocycles. The normalized spacial score (nSPS) is 10.9. The predicted molar refractivity (Wildman–Crippen MR) is 63.5 cm³/mol. The maximum Gasteiger partial charge on any atom is 0.330 e. The molecule has 0 fully saturated rings. The predicted octanol–water partition coefficient (Wildman–Crippen LogP) is -0.946. The number of nitrogen functional groups attached to an aromatic ring is 2. The maximum absolute atomic E-state index is 11.6. The number of aryl methyl sites for hydroxylation is 1. The zero-order chi connectivity index (χ0) is 12.6. The molecule has 5 N–H and O–H groups in total. The molecule has 2 aromatic rings. The van der Waals surface area contributed by atoms with Gasteiger partial charge < -0.3 is 11.5 Å². The number of fused-ring (bicyclic) bond motifs is 1. The van der Waals surface area contributed by atoms with Crippen LogP contribution in [0.1, 0.15) is 13.3 Å². The van der Waals surface area contributed by atoms with Gasteiger partial charge in [0.05, 0.1) is 0 Å². The number of H-pyrrole nitrogens is 1. The second kappa shape index (κ2) is 3.89. The summed E-state index contributed by atoms with van der Waals surface area (Å²) in [6.45, 7) is 2.32. The van der Waals surface area contributed by atoms with Crippen molar-refractivity contribution in [2.24, 2.45) is 0 Å². The van der Waals surface area contributed by atoms with E-state index in [0.717, 1.165) is 0 Å². The summed E-state index contributed by atoms with van der Waals surface area (Å²) in [5.41, 5.74) is 10.1. The lowest BCUT2D eigenvalue weighted by Gasteiger charge is -2.08. The third-order valence-corrected chi connectivity index (χ3v) is 2.33. The van der Waals surface area contributed by atoms with Gasteiger partial charge in [-0.2, -0.15) is 9.97 Å². The fraction of sp³-hybridized carbons (Fsp3) is 0.333. The van der Waals surface area contributed by atoms with Crippen LogP contribution < -0.4 is 22.7 Å². The number of rotatable bonds is 2. The molecule has 0 saturated heterocycles. The molecule has 0 unspecified atom stereocenters. The van der Waals surface area contributed by atoms with Gasteiger partial charge in [0.25, 0.3) is 5.56 Å². The lowest BCUT2D eigenvalue weighted by Crippen LogP contribution is -2.31. The van der Waals surface area contributed by atoms with Crippen LogP contribution in [0, 0.1) is 0 Å². The monoisotopic (exact) mass is 236 g/mol. The Hall–Kier alpha value is -2.38. The fourth-order valence-electron chi connectivity index (χ4n) is 1.65. The molecule has 90 valence electrons. The van der Waals surface area contributed by atoms with E-state index < -0.39 is 11.2 Å². The van der Waals surface area contributed by atoms with Gasteiger partial charge >= 0.3 is 5.69 Å². The topological polar surface area (TPSA) is 133 Å². The van der Waals surface area contributed by atoms with Gasteiger partial charge in [0.2, 0.25) is 5.95 Å². The third kappa shape index (κ3) is 1.73. The highest BCUT2D eigenvalue weighted by atomic mass is 16.2. The van der Waals surface area contributed by atoms with Crippen LogP contribution in [0.3, 0.4) is 0 Å². The molecule has 0 aliphatic rings. The average Bonchev–Trinajstić information content (AvgIpc) is 2.22. The summed E-state index contributed by atoms with van der Waals surface area (Å²) in [7, 11) is 0. The van der Waals surface area contributed by atoms with E-state index >= 15 is 0 Å². The van der Waals surface area contributed by atoms with E-state index in [0.29, 0.717) is 13.0 Å². The lowest BCUT2D eigenvalue weighted by molar-refractivity contribution is 0.651. The molecule has 17 heavy (non-hydrogen) atoms. The van der Waals surface area contributed by atoms with Gasteiger partial charge in [-0.3, -0.25) is 14.3 Å². The third-order valence-electron chi connectivity index (χ3n) is 2.33. The molecule has 0 saturated carbocycles. The van der Waals surface area contributed by atoms with Crippen LogP contribution in [0.25, 0.3) is 11.0 Å². The largest absolute Gasteiger partial charge is 0.383 e. The smallest absolute Gasteiger partial charge is 0.330 e. The maximum atomic E-state index is 11.6. The lowest BCUT2D eigenvalue weighted by atomic mass is 10.3. The Bertz CT molecular complexity index is 686. The standard InChI is InChI=1S/C9H12N6O2/c1-2-3-15-6-4(7(16)14-9(15)17)5(10)12-8(11)13-6/h2-3H2,1H3,(H,14,16,17)(H4,10,11,12,13). The summed E-state index contributed by atoms with van der Waals surface area (Å²) < 4.78 is 1.32. The van der Waals surface area contributed by atoms with E-state index in [4.69, 9.17) is 11.5 Å². The molecular weight excluding hydrogens is 224 g/mol. The number of nitrogens with two attached hydrogens (primary N) is 2. The SMILES string of the molecule is CCCn1c(=O)[nH]c(=O)c2c(N)nc(N)nc21. The molecule has 2 rings (SSSR count). The average molecular weight is 236 g/mol. The minimum absolute atomic E-state index is 0.0291. The van der Waals surface area contributed by atoms with Crippen LogP contribution in [-0.2, 0) is 6.54 Å². The molecule has 0 spiro atoms. The Morgan fingerprint density at radius 1 is 1.29 bits per heavy atom. The number of hydrogen-bond donors (Lipinski definition) is 3. The summed E-state index contributed by atoms with van der Waals surface area (Å²) in [6.07, 6.45) is 0.713. The fourth-order valence-corrected chi connectivity index (χ4v) is 1.65. The van der Waals surface area contributed by atoms with Crippen molar-refractivity contribution in [3.63, 3.8) is 0 Å². The van der Waals surface area contributed by atoms with Gasteiger partial charge in [-0.1, -0.05) is 6.92 Å². The van der Waals surface area contributed by atoms with Gasteiger partial charge in [-0.25, -0.2) is 4.79 Å². The Balaban J connectivity index is 3.00. The zero-order valence-corrected chi connectivity index (χ0v) is 9.23. The van der Waals surface area contributed by atoms with E-state index in [1.807, 2.05) is 6.92 Å². The van der Waals surface area contributed by atoms with Crippen LogP contribution in [0.2, 0.25) is 0 Å². The first-order valence-electron chi connectivity index (χ1n) is 5.10. The Labute approximate surface area is 95.3 Å². The molecule has 0 bridgehead atoms. The second-order valence-electron chi connectivity index (χ2n) is 3.58. The van der Waals surface area contributed by atoms with E-state index in [9.17, 15) is 9.59 Å². The van der Waals surface area contributed by atoms with Crippen molar-refractivity contribution in [2.45, 2.75) is 19.9 Å². The highest BCUT2D eigenvalue weighted by Gasteiger charge is 2.12. The molecule has 2 heterocycles. The number of aromatic nitrogens is 4. The molecule has 0 radical (unpaired) electrons. The minimum Gasteiger partial charge on any atom is -0.383 e. The highest BCUT2D eigenvalue weighted by Crippen LogP contribution is 2.12. The molecule has 0 aliphatic heterocycles. The summed E-state index contributed by atoms with van der Waals surface area (Å²) in [5.74, 6) is -0.0940. The van der Waals surface area contributed by atoms with Crippen LogP contribution in [0.4, 0.5) is 11.8 Å². The summed E-state index contributed by atoms with van der Waals surface area (Å²) in [5, 5.41) is 0.0900. The van der Waals surface area contributed by atoms with Crippen LogP contribution in [-0.4, -0.2) is 19.5 Å². The molecule has 0 atom stereocenters. The van der Waals surface area contributed by atoms with E-state index in [2.05, 4.69) is 15.0 Å². The minimum atomic E-state index is -0.602. The quantitative estimate of drug-likeness (QED) is 0.616. The van der Waals surface area contributed by atoms with E-state index in [1.165, 1.54) is 4.57 Å². The molecule has 8 heteroatoms. The highest BCUT2D eigenvalue weighted by molar-refractivity contribution is 5.85. The Morgan fingerprint density at radius 2 is 2.00 bits per heavy atom. The Morgan fingerprint density at radius 3 is 2.65 bits per heavy atom. The van der Waals surface area contributed by atoms with Crippen molar-refractivity contribution in [3.05, 3.63) is 20.8 Å². The van der Waals surface area contributed by atoms with E-state index in [-0.39, 0.29) is 22.8 Å². The number of aromatic amines is 1. The molecule has 0 aliphatic carbocycles. The second-order valence-corrected chi connectivity index (χ2v) is 3.58. The van der Waals surface area contributed by atoms with Gasteiger partial charge in [0.15, 0.2) is 5.65 Å². The number of nitrogens with one attached hydrogen (secondary N) is 1. The first-order valence-corrected chi connectivity index (χ1v) is 5.10. The Kier molecular flexibility index (Phi) is 2.54. The van der Waals surface area contributed by atoms with Crippen molar-refractivity contribution in [3.8, 4) is 0 Å². The molecule has 0 amide bonds. The van der Waals surface area contributed by atoms with Crippen molar-refractivity contribution < 1.29 is 0 Å². The first-order chi connectivity index (χ1) is 8.04. The molecule has 0 aromatic carbocycles. The molecular formula is C9H12N6O2. The summed E-state index contributed by atoms with van der Waals surface area (Å²) >= 11 is 0. The van der Waals surface area contributed by atoms with Crippen LogP contribution in [0.5, 0.6) is 0 Å². The number of nitrogens with zero attached hydrogens (tertiary/aromatic N) is 3. The van der Waals surface area contributed by atoms with Crippen molar-refractivity contribution in [2.75, 3.05) is 11.5 Å². The van der Waals surface area contributed by atoms with Crippen LogP contribution in [0.15, 0.2) is 9.59 Å². The van der Waals surface area contributed by atoms with Crippen LogP contribution >= 0.6 is 0 Å². The van der Waals surface area contributed by atoms with Gasteiger partial charge in [-0.05, 0) is 6.42 Å².